The lowest BCUT2D eigenvalue weighted by molar-refractivity contribution is -0.157. The van der Waals surface area contributed by atoms with E-state index in [9.17, 15) is 31.2 Å². The zero-order valence-corrected chi connectivity index (χ0v) is 23.4. The Morgan fingerprint density at radius 2 is 1.68 bits per heavy atom. The molecule has 1 N–H and O–H groups in total. The summed E-state index contributed by atoms with van der Waals surface area (Å²) in [5.74, 6) is -2.26. The van der Waals surface area contributed by atoms with Gasteiger partial charge in [0.2, 0.25) is 11.8 Å². The first-order chi connectivity index (χ1) is 17.6. The van der Waals surface area contributed by atoms with E-state index in [1.165, 1.54) is 6.92 Å². The molecular formula is C26H29Cl2F3N2O4S. The lowest BCUT2D eigenvalue weighted by Crippen LogP contribution is -2.56. The van der Waals surface area contributed by atoms with Gasteiger partial charge in [-0.1, -0.05) is 68.2 Å². The van der Waals surface area contributed by atoms with Crippen molar-refractivity contribution in [2.45, 2.75) is 70.0 Å². The molecule has 1 heterocycles. The van der Waals surface area contributed by atoms with Gasteiger partial charge < -0.3 is 4.90 Å². The molecule has 1 aliphatic heterocycles. The van der Waals surface area contributed by atoms with Crippen LogP contribution in [0, 0.1) is 5.41 Å². The molecule has 0 aliphatic carbocycles. The van der Waals surface area contributed by atoms with Gasteiger partial charge in [-0.3, -0.25) is 9.59 Å². The van der Waals surface area contributed by atoms with Crippen molar-refractivity contribution in [1.29, 1.82) is 0 Å². The minimum absolute atomic E-state index is 0.0651. The van der Waals surface area contributed by atoms with Crippen LogP contribution < -0.4 is 4.72 Å². The summed E-state index contributed by atoms with van der Waals surface area (Å²) in [7, 11) is -5.91. The summed E-state index contributed by atoms with van der Waals surface area (Å²) < 4.78 is 62.9. The number of alkyl halides is 3. The Bertz CT molecular complexity index is 1280. The molecule has 2 aromatic carbocycles. The molecule has 0 spiro atoms. The van der Waals surface area contributed by atoms with E-state index in [0.29, 0.717) is 22.9 Å². The standard InChI is InChI=1S/C26H29Cl2F3N2O4S/c1-4-20(5-2)33-23(16-9-11-18(27)12-10-16)21(17-7-6-8-19(28)13-17)14-25(3,24(33)35)15-22(34)32-38(36,37)26(29,30)31/h6-13,20-21,23H,4-5,14-15H2,1-3H3,(H,32,34). The van der Waals surface area contributed by atoms with E-state index in [1.54, 1.807) is 35.2 Å². The van der Waals surface area contributed by atoms with Crippen molar-refractivity contribution in [2.24, 2.45) is 5.41 Å². The zero-order chi connectivity index (χ0) is 28.5. The Hall–Kier alpha value is -2.30. The van der Waals surface area contributed by atoms with Crippen LogP contribution in [0.3, 0.4) is 0 Å². The third-order valence-corrected chi connectivity index (χ3v) is 8.62. The summed E-state index contributed by atoms with van der Waals surface area (Å²) in [4.78, 5) is 28.4. The highest BCUT2D eigenvalue weighted by molar-refractivity contribution is 7.90. The number of hydrogen-bond donors (Lipinski definition) is 1. The maximum atomic E-state index is 14.1. The molecule has 2 amide bonds. The Labute approximate surface area is 230 Å². The maximum Gasteiger partial charge on any atom is 0.516 e. The van der Waals surface area contributed by atoms with E-state index >= 15 is 0 Å². The number of carbonyl (C=O) groups excluding carboxylic acids is 2. The number of nitrogens with one attached hydrogen (secondary N) is 1. The molecular weight excluding hydrogens is 564 g/mol. The fourth-order valence-corrected chi connectivity index (χ4v) is 6.04. The third kappa shape index (κ3) is 6.29. The minimum Gasteiger partial charge on any atom is -0.332 e. The molecule has 0 aromatic heterocycles. The minimum atomic E-state index is -5.91. The van der Waals surface area contributed by atoms with E-state index in [-0.39, 0.29) is 12.5 Å². The SMILES string of the molecule is CCC(CC)N1C(=O)C(C)(CC(=O)NS(=O)(=O)C(F)(F)F)CC(c2cccc(Cl)c2)C1c1ccc(Cl)cc1. The van der Waals surface area contributed by atoms with Gasteiger partial charge >= 0.3 is 15.5 Å². The first kappa shape index (κ1) is 30.2. The zero-order valence-electron chi connectivity index (χ0n) is 21.1. The van der Waals surface area contributed by atoms with Crippen molar-refractivity contribution < 1.29 is 31.2 Å². The molecule has 3 unspecified atom stereocenters. The van der Waals surface area contributed by atoms with Crippen LogP contribution >= 0.6 is 23.2 Å². The van der Waals surface area contributed by atoms with E-state index in [4.69, 9.17) is 23.2 Å². The third-order valence-electron chi connectivity index (χ3n) is 7.03. The van der Waals surface area contributed by atoms with Crippen molar-refractivity contribution in [1.82, 2.24) is 9.62 Å². The van der Waals surface area contributed by atoms with E-state index in [0.717, 1.165) is 15.8 Å². The van der Waals surface area contributed by atoms with Crippen molar-refractivity contribution in [3.8, 4) is 0 Å². The smallest absolute Gasteiger partial charge is 0.332 e. The van der Waals surface area contributed by atoms with E-state index in [2.05, 4.69) is 0 Å². The molecule has 3 atom stereocenters. The van der Waals surface area contributed by atoms with Gasteiger partial charge in [0.1, 0.15) is 0 Å². The van der Waals surface area contributed by atoms with Crippen LogP contribution in [0.5, 0.6) is 0 Å². The number of benzene rings is 2. The average Bonchev–Trinajstić information content (AvgIpc) is 2.82. The number of piperidine rings is 1. The van der Waals surface area contributed by atoms with Crippen LogP contribution in [0.1, 0.15) is 69.5 Å². The molecule has 1 aliphatic rings. The van der Waals surface area contributed by atoms with Crippen LogP contribution in [0.4, 0.5) is 13.2 Å². The number of amides is 2. The Balaban J connectivity index is 2.14. The summed E-state index contributed by atoms with van der Waals surface area (Å²) in [6.07, 6.45) is 0.483. The lowest BCUT2D eigenvalue weighted by atomic mass is 9.66. The van der Waals surface area contributed by atoms with Gasteiger partial charge in [-0.05, 0) is 54.7 Å². The number of rotatable bonds is 8. The number of hydrogen-bond acceptors (Lipinski definition) is 4. The number of likely N-dealkylation sites (tertiary alicyclic amines) is 1. The number of nitrogens with zero attached hydrogens (tertiary/aromatic N) is 1. The molecule has 1 saturated heterocycles. The fourth-order valence-electron chi connectivity index (χ4n) is 5.23. The largest absolute Gasteiger partial charge is 0.516 e. The van der Waals surface area contributed by atoms with Crippen molar-refractivity contribution >= 4 is 45.0 Å². The highest BCUT2D eigenvalue weighted by Crippen LogP contribution is 2.52. The molecule has 12 heteroatoms. The Morgan fingerprint density at radius 3 is 2.21 bits per heavy atom. The molecule has 0 bridgehead atoms. The molecule has 38 heavy (non-hydrogen) atoms. The molecule has 2 aromatic rings. The molecule has 3 rings (SSSR count). The summed E-state index contributed by atoms with van der Waals surface area (Å²) in [6, 6.07) is 13.4. The highest BCUT2D eigenvalue weighted by atomic mass is 35.5. The summed E-state index contributed by atoms with van der Waals surface area (Å²) in [6.45, 7) is 5.33. The molecule has 1 fully saturated rings. The van der Waals surface area contributed by atoms with Gasteiger partial charge in [0, 0.05) is 28.4 Å². The van der Waals surface area contributed by atoms with Gasteiger partial charge in [-0.2, -0.15) is 21.6 Å². The second-order valence-corrected chi connectivity index (χ2v) is 12.3. The van der Waals surface area contributed by atoms with Gasteiger partial charge in [0.15, 0.2) is 0 Å². The van der Waals surface area contributed by atoms with E-state index < -0.39 is 51.1 Å². The molecule has 0 saturated carbocycles. The number of sulfonamides is 1. The van der Waals surface area contributed by atoms with Crippen LogP contribution in [0.15, 0.2) is 48.5 Å². The second kappa shape index (κ2) is 11.4. The van der Waals surface area contributed by atoms with Crippen LogP contribution in [-0.4, -0.2) is 36.7 Å². The first-order valence-corrected chi connectivity index (χ1v) is 14.3. The van der Waals surface area contributed by atoms with Crippen molar-refractivity contribution in [3.63, 3.8) is 0 Å². The normalized spacial score (nSPS) is 22.6. The van der Waals surface area contributed by atoms with E-state index in [1.807, 2.05) is 32.0 Å². The summed E-state index contributed by atoms with van der Waals surface area (Å²) in [5.41, 5.74) is -5.59. The Morgan fingerprint density at radius 1 is 1.08 bits per heavy atom. The molecule has 0 radical (unpaired) electrons. The topological polar surface area (TPSA) is 83.6 Å². The van der Waals surface area contributed by atoms with Crippen molar-refractivity contribution in [3.05, 3.63) is 69.7 Å². The fraction of sp³-hybridized carbons (Fsp3) is 0.462. The predicted octanol–water partition coefficient (Wildman–Crippen LogP) is 6.60. The highest BCUT2D eigenvalue weighted by Gasteiger charge is 2.53. The first-order valence-electron chi connectivity index (χ1n) is 12.1. The van der Waals surface area contributed by atoms with Crippen LogP contribution in [-0.2, 0) is 19.6 Å². The van der Waals surface area contributed by atoms with Gasteiger partial charge in [-0.25, -0.2) is 4.72 Å². The maximum absolute atomic E-state index is 14.1. The quantitative estimate of drug-likeness (QED) is 0.374. The number of carbonyl (C=O) groups is 2. The van der Waals surface area contributed by atoms with Gasteiger partial charge in [-0.15, -0.1) is 0 Å². The number of halogens is 5. The van der Waals surface area contributed by atoms with Gasteiger partial charge in [0.05, 0.1) is 11.5 Å². The predicted molar refractivity (Wildman–Crippen MR) is 140 cm³/mol. The monoisotopic (exact) mass is 592 g/mol. The molecule has 208 valence electrons. The average molecular weight is 593 g/mol. The van der Waals surface area contributed by atoms with Crippen LogP contribution in [0.25, 0.3) is 0 Å². The van der Waals surface area contributed by atoms with Gasteiger partial charge in [0.25, 0.3) is 0 Å². The molecule has 6 nitrogen and oxygen atoms in total. The van der Waals surface area contributed by atoms with Crippen LogP contribution in [0.2, 0.25) is 10.0 Å². The van der Waals surface area contributed by atoms with Crippen molar-refractivity contribution in [2.75, 3.05) is 0 Å². The Kier molecular flexibility index (Phi) is 9.10. The lowest BCUT2D eigenvalue weighted by Gasteiger charge is -2.52. The summed E-state index contributed by atoms with van der Waals surface area (Å²) >= 11 is 12.4. The second-order valence-electron chi connectivity index (χ2n) is 9.76. The summed E-state index contributed by atoms with van der Waals surface area (Å²) in [5, 5.41) is 0.968.